The standard InChI is InChI=1S/C13H29NO.C11H20N2S4/c1-4-8-12(2)9-6-5-7-10-15-13(3)11-14;1-4-5-6-7-8-11(2,3)17-16-10-13-12-9(14)15-10/h12-13H,4-11,14H2,1-3H3;4-8H2,1-3H3,(H,12,14). The Morgan fingerprint density at radius 1 is 1.06 bits per heavy atom. The van der Waals surface area contributed by atoms with Crippen molar-refractivity contribution in [2.24, 2.45) is 11.7 Å². The zero-order chi connectivity index (χ0) is 24.2. The molecule has 1 rings (SSSR count). The molecular weight excluding hydrogens is 475 g/mol. The van der Waals surface area contributed by atoms with Crippen LogP contribution < -0.4 is 5.73 Å². The molecule has 0 bridgehead atoms. The molecule has 32 heavy (non-hydrogen) atoms. The molecule has 0 spiro atoms. The lowest BCUT2D eigenvalue weighted by Crippen LogP contribution is -2.20. The highest BCUT2D eigenvalue weighted by atomic mass is 33.1. The summed E-state index contributed by atoms with van der Waals surface area (Å²) in [5.74, 6) is 0.902. The smallest absolute Gasteiger partial charge is 0.183 e. The number of hydrogen-bond donors (Lipinski definition) is 2. The Bertz CT molecular complexity index is 592. The van der Waals surface area contributed by atoms with Gasteiger partial charge in [0.2, 0.25) is 0 Å². The Morgan fingerprint density at radius 2 is 1.78 bits per heavy atom. The highest BCUT2D eigenvalue weighted by Gasteiger charge is 2.19. The lowest BCUT2D eigenvalue weighted by atomic mass is 9.99. The van der Waals surface area contributed by atoms with Gasteiger partial charge in [0, 0.05) is 17.9 Å². The van der Waals surface area contributed by atoms with Crippen molar-refractivity contribution in [1.82, 2.24) is 10.2 Å². The SMILES string of the molecule is CCCC(C)CCCCCOC(C)CN.CCCCCCC(C)(C)SSc1n[nH]c(=S)s1. The number of H-pyrrole nitrogens is 1. The van der Waals surface area contributed by atoms with Crippen LogP contribution in [0.5, 0.6) is 0 Å². The van der Waals surface area contributed by atoms with Crippen LogP contribution in [0.25, 0.3) is 0 Å². The van der Waals surface area contributed by atoms with Crippen molar-refractivity contribution in [1.29, 1.82) is 0 Å². The fourth-order valence-corrected chi connectivity index (χ4v) is 6.82. The zero-order valence-corrected chi connectivity index (χ0v) is 24.7. The molecule has 8 heteroatoms. The van der Waals surface area contributed by atoms with Gasteiger partial charge in [0.1, 0.15) is 0 Å². The summed E-state index contributed by atoms with van der Waals surface area (Å²) in [7, 11) is 3.64. The highest BCUT2D eigenvalue weighted by molar-refractivity contribution is 8.77. The van der Waals surface area contributed by atoms with E-state index < -0.39 is 0 Å². The Labute approximate surface area is 215 Å². The van der Waals surface area contributed by atoms with Crippen molar-refractivity contribution in [3.05, 3.63) is 3.95 Å². The average Bonchev–Trinajstić information content (AvgIpc) is 3.18. The number of rotatable bonds is 18. The second-order valence-electron chi connectivity index (χ2n) is 9.28. The minimum Gasteiger partial charge on any atom is -0.377 e. The monoisotopic (exact) mass is 523 g/mol. The quantitative estimate of drug-likeness (QED) is 0.114. The van der Waals surface area contributed by atoms with E-state index >= 15 is 0 Å². The van der Waals surface area contributed by atoms with Gasteiger partial charge in [-0.3, -0.25) is 5.10 Å². The maximum absolute atomic E-state index is 5.52. The van der Waals surface area contributed by atoms with Crippen LogP contribution >= 0.6 is 45.1 Å². The average molecular weight is 524 g/mol. The highest BCUT2D eigenvalue weighted by Crippen LogP contribution is 2.43. The molecule has 4 nitrogen and oxygen atoms in total. The molecule has 0 aliphatic rings. The van der Waals surface area contributed by atoms with E-state index in [-0.39, 0.29) is 6.10 Å². The van der Waals surface area contributed by atoms with Gasteiger partial charge in [0.25, 0.3) is 0 Å². The van der Waals surface area contributed by atoms with Crippen LogP contribution in [0.1, 0.15) is 112 Å². The number of nitrogens with two attached hydrogens (primary N) is 1. The summed E-state index contributed by atoms with van der Waals surface area (Å²) in [4.78, 5) is 0. The van der Waals surface area contributed by atoms with Crippen molar-refractivity contribution < 1.29 is 4.74 Å². The minimum atomic E-state index is 0.226. The van der Waals surface area contributed by atoms with Crippen LogP contribution in [0.2, 0.25) is 0 Å². The first-order valence-corrected chi connectivity index (χ1v) is 15.8. The molecule has 0 saturated heterocycles. The van der Waals surface area contributed by atoms with E-state index in [1.165, 1.54) is 70.6 Å². The first-order valence-electron chi connectivity index (χ1n) is 12.5. The molecule has 1 aromatic heterocycles. The first kappa shape index (κ1) is 32.4. The number of nitrogens with one attached hydrogen (secondary N) is 1. The van der Waals surface area contributed by atoms with Crippen LogP contribution in [0.4, 0.5) is 0 Å². The predicted octanol–water partition coefficient (Wildman–Crippen LogP) is 9.04. The maximum Gasteiger partial charge on any atom is 0.183 e. The Hall–Kier alpha value is 0.400. The Morgan fingerprint density at radius 3 is 2.38 bits per heavy atom. The van der Waals surface area contributed by atoms with E-state index in [4.69, 9.17) is 22.7 Å². The number of hydrogen-bond acceptors (Lipinski definition) is 7. The molecule has 190 valence electrons. The first-order chi connectivity index (χ1) is 15.2. The van der Waals surface area contributed by atoms with Crippen molar-refractivity contribution >= 4 is 45.1 Å². The van der Waals surface area contributed by atoms with Crippen LogP contribution in [0.3, 0.4) is 0 Å². The normalized spacial score (nSPS) is 13.5. The van der Waals surface area contributed by atoms with E-state index in [1.807, 2.05) is 17.7 Å². The molecular formula is C24H49N3OS4. The summed E-state index contributed by atoms with van der Waals surface area (Å²) in [6, 6.07) is 0. The van der Waals surface area contributed by atoms with E-state index in [2.05, 4.69) is 44.8 Å². The molecule has 0 radical (unpaired) electrons. The van der Waals surface area contributed by atoms with Gasteiger partial charge in [-0.2, -0.15) is 5.10 Å². The molecule has 0 amide bonds. The fraction of sp³-hybridized carbons (Fsp3) is 0.917. The Kier molecular flexibility index (Phi) is 21.0. The fourth-order valence-electron chi connectivity index (χ4n) is 3.18. The third-order valence-corrected chi connectivity index (χ3v) is 10.00. The Balaban J connectivity index is 0.000000607. The number of nitrogens with zero attached hydrogens (tertiary/aromatic N) is 1. The number of aromatic amines is 1. The van der Waals surface area contributed by atoms with Gasteiger partial charge in [0.05, 0.1) is 6.10 Å². The minimum absolute atomic E-state index is 0.226. The second kappa shape index (κ2) is 20.7. The molecule has 0 aliphatic heterocycles. The van der Waals surface area contributed by atoms with Gasteiger partial charge in [-0.05, 0) is 62.5 Å². The molecule has 2 atom stereocenters. The summed E-state index contributed by atoms with van der Waals surface area (Å²) in [5.41, 5.74) is 5.46. The van der Waals surface area contributed by atoms with Crippen molar-refractivity contribution in [2.75, 3.05) is 13.2 Å². The van der Waals surface area contributed by atoms with Gasteiger partial charge < -0.3 is 10.5 Å². The van der Waals surface area contributed by atoms with Gasteiger partial charge in [-0.15, -0.1) is 0 Å². The van der Waals surface area contributed by atoms with Crippen LogP contribution in [-0.4, -0.2) is 34.2 Å². The topological polar surface area (TPSA) is 63.9 Å². The molecule has 1 heterocycles. The lowest BCUT2D eigenvalue weighted by molar-refractivity contribution is 0.0687. The molecule has 0 aromatic carbocycles. The van der Waals surface area contributed by atoms with E-state index in [0.29, 0.717) is 11.3 Å². The van der Waals surface area contributed by atoms with E-state index in [0.717, 1.165) is 20.8 Å². The zero-order valence-electron chi connectivity index (χ0n) is 21.4. The molecule has 0 fully saturated rings. The summed E-state index contributed by atoms with van der Waals surface area (Å²) < 4.78 is 7.62. The van der Waals surface area contributed by atoms with Gasteiger partial charge in [-0.1, -0.05) is 101 Å². The molecule has 1 aromatic rings. The van der Waals surface area contributed by atoms with Gasteiger partial charge in [0.15, 0.2) is 8.29 Å². The predicted molar refractivity (Wildman–Crippen MR) is 151 cm³/mol. The summed E-state index contributed by atoms with van der Waals surface area (Å²) in [6.45, 7) is 15.0. The van der Waals surface area contributed by atoms with Crippen molar-refractivity contribution in [3.63, 3.8) is 0 Å². The largest absolute Gasteiger partial charge is 0.377 e. The second-order valence-corrected chi connectivity index (χ2v) is 14.0. The lowest BCUT2D eigenvalue weighted by Gasteiger charge is -2.22. The van der Waals surface area contributed by atoms with E-state index in [9.17, 15) is 0 Å². The third kappa shape index (κ3) is 19.8. The summed E-state index contributed by atoms with van der Waals surface area (Å²) >= 11 is 6.57. The summed E-state index contributed by atoms with van der Waals surface area (Å²) in [6.07, 6.45) is 14.7. The third-order valence-electron chi connectivity index (χ3n) is 5.25. The van der Waals surface area contributed by atoms with Gasteiger partial charge in [-0.25, -0.2) is 0 Å². The maximum atomic E-state index is 5.52. The van der Waals surface area contributed by atoms with Crippen LogP contribution in [-0.2, 0) is 4.74 Å². The van der Waals surface area contributed by atoms with Gasteiger partial charge >= 0.3 is 0 Å². The molecule has 3 N–H and O–H groups in total. The van der Waals surface area contributed by atoms with Crippen molar-refractivity contribution in [3.8, 4) is 0 Å². The molecule has 2 unspecified atom stereocenters. The summed E-state index contributed by atoms with van der Waals surface area (Å²) in [5, 5.41) is 6.97. The van der Waals surface area contributed by atoms with Crippen LogP contribution in [0.15, 0.2) is 4.34 Å². The molecule has 0 aliphatic carbocycles. The van der Waals surface area contributed by atoms with Crippen molar-refractivity contribution in [2.45, 2.75) is 127 Å². The number of ether oxygens (including phenoxy) is 1. The van der Waals surface area contributed by atoms with Crippen LogP contribution in [0, 0.1) is 9.87 Å². The van der Waals surface area contributed by atoms with E-state index in [1.54, 1.807) is 22.1 Å². The number of unbranched alkanes of at least 4 members (excludes halogenated alkanes) is 5. The number of aromatic nitrogens is 2. The molecule has 0 saturated carbocycles.